The maximum Gasteiger partial charge on any atom is 0.223 e. The molecule has 0 unspecified atom stereocenters. The summed E-state index contributed by atoms with van der Waals surface area (Å²) in [5, 5.41) is 0. The fraction of sp³-hybridized carbons (Fsp3) is 0.333. The van der Waals surface area contributed by atoms with E-state index in [4.69, 9.17) is 4.74 Å². The zero-order valence-corrected chi connectivity index (χ0v) is 13.2. The quantitative estimate of drug-likeness (QED) is 0.756. The van der Waals surface area contributed by atoms with Crippen molar-refractivity contribution in [1.82, 2.24) is 9.97 Å². The fourth-order valence-electron chi connectivity index (χ4n) is 1.57. The number of benzene rings is 1. The lowest BCUT2D eigenvalue weighted by molar-refractivity contribution is 0.442. The number of hydrogen-bond acceptors (Lipinski definition) is 3. The number of para-hydroxylation sites is 1. The molecule has 0 aliphatic carbocycles. The number of rotatable bonds is 2. The van der Waals surface area contributed by atoms with Gasteiger partial charge in [-0.15, -0.1) is 0 Å². The van der Waals surface area contributed by atoms with Gasteiger partial charge in [0, 0.05) is 11.5 Å². The van der Waals surface area contributed by atoms with Crippen LogP contribution in [0.1, 0.15) is 32.2 Å². The maximum atomic E-state index is 5.84. The summed E-state index contributed by atoms with van der Waals surface area (Å²) in [6.45, 7) is 8.24. The van der Waals surface area contributed by atoms with Crippen molar-refractivity contribution in [2.24, 2.45) is 0 Å². The second-order valence-electron chi connectivity index (χ2n) is 5.47. The number of aryl methyl sites for hydroxylation is 1. The Morgan fingerprint density at radius 3 is 2.42 bits per heavy atom. The van der Waals surface area contributed by atoms with Crippen LogP contribution in [-0.2, 0) is 5.41 Å². The molecule has 0 N–H and O–H groups in total. The fourth-order valence-corrected chi connectivity index (χ4v) is 1.93. The van der Waals surface area contributed by atoms with Gasteiger partial charge in [0.05, 0.1) is 0 Å². The Balaban J connectivity index is 2.36. The van der Waals surface area contributed by atoms with Crippen molar-refractivity contribution in [3.8, 4) is 11.6 Å². The van der Waals surface area contributed by atoms with Gasteiger partial charge >= 0.3 is 0 Å². The molecule has 4 heteroatoms. The number of halogens is 1. The van der Waals surface area contributed by atoms with Gasteiger partial charge in [0.15, 0.2) is 0 Å². The maximum absolute atomic E-state index is 5.84. The lowest BCUT2D eigenvalue weighted by Gasteiger charge is -2.17. The summed E-state index contributed by atoms with van der Waals surface area (Å²) < 4.78 is 6.58. The molecule has 0 radical (unpaired) electrons. The average Bonchev–Trinajstić information content (AvgIpc) is 2.30. The molecule has 19 heavy (non-hydrogen) atoms. The third kappa shape index (κ3) is 3.53. The van der Waals surface area contributed by atoms with Crippen LogP contribution in [0.4, 0.5) is 0 Å². The Morgan fingerprint density at radius 2 is 1.79 bits per heavy atom. The van der Waals surface area contributed by atoms with Crippen molar-refractivity contribution < 1.29 is 4.74 Å². The largest absolute Gasteiger partial charge is 0.439 e. The lowest BCUT2D eigenvalue weighted by Crippen LogP contribution is -2.16. The Labute approximate surface area is 122 Å². The smallest absolute Gasteiger partial charge is 0.223 e. The lowest BCUT2D eigenvalue weighted by atomic mass is 9.96. The highest BCUT2D eigenvalue weighted by Gasteiger charge is 2.19. The summed E-state index contributed by atoms with van der Waals surface area (Å²) in [4.78, 5) is 8.87. The molecule has 1 heterocycles. The average molecular weight is 321 g/mol. The molecular weight excluding hydrogens is 304 g/mol. The highest BCUT2D eigenvalue weighted by atomic mass is 79.9. The molecule has 2 rings (SSSR count). The predicted molar refractivity (Wildman–Crippen MR) is 79.7 cm³/mol. The van der Waals surface area contributed by atoms with E-state index in [1.54, 1.807) is 6.07 Å². The number of aromatic nitrogens is 2. The minimum atomic E-state index is -0.117. The van der Waals surface area contributed by atoms with Gasteiger partial charge in [-0.25, -0.2) is 4.98 Å². The Hall–Kier alpha value is -1.42. The van der Waals surface area contributed by atoms with Gasteiger partial charge in [0.25, 0.3) is 0 Å². The summed E-state index contributed by atoms with van der Waals surface area (Å²) in [5.41, 5.74) is 0.961. The summed E-state index contributed by atoms with van der Waals surface area (Å²) >= 11 is 3.41. The molecule has 1 aromatic carbocycles. The topological polar surface area (TPSA) is 35.0 Å². The van der Waals surface area contributed by atoms with E-state index in [9.17, 15) is 0 Å². The van der Waals surface area contributed by atoms with E-state index in [-0.39, 0.29) is 5.41 Å². The number of ether oxygens (including phenoxy) is 1. The van der Waals surface area contributed by atoms with Crippen LogP contribution >= 0.6 is 15.9 Å². The first-order chi connectivity index (χ1) is 8.86. The van der Waals surface area contributed by atoms with Crippen LogP contribution in [0.3, 0.4) is 0 Å². The molecule has 3 nitrogen and oxygen atoms in total. The van der Waals surface area contributed by atoms with Crippen molar-refractivity contribution in [2.45, 2.75) is 33.1 Å². The van der Waals surface area contributed by atoms with E-state index in [0.29, 0.717) is 5.88 Å². The minimum absolute atomic E-state index is 0.117. The summed E-state index contributed by atoms with van der Waals surface area (Å²) in [6.07, 6.45) is 0. The Bertz CT molecular complexity index is 591. The molecule has 0 amide bonds. The van der Waals surface area contributed by atoms with Gasteiger partial charge in [0.2, 0.25) is 5.88 Å². The molecule has 0 saturated heterocycles. The molecule has 2 aromatic rings. The summed E-state index contributed by atoms with van der Waals surface area (Å²) in [5.74, 6) is 2.12. The number of nitrogens with zero attached hydrogens (tertiary/aromatic N) is 2. The number of hydrogen-bond donors (Lipinski definition) is 0. The van der Waals surface area contributed by atoms with Crippen LogP contribution in [0.2, 0.25) is 0 Å². The zero-order valence-electron chi connectivity index (χ0n) is 11.6. The van der Waals surface area contributed by atoms with Gasteiger partial charge in [-0.1, -0.05) is 39.0 Å². The highest BCUT2D eigenvalue weighted by Crippen LogP contribution is 2.27. The molecule has 0 spiro atoms. The van der Waals surface area contributed by atoms with Crippen molar-refractivity contribution in [1.29, 1.82) is 0 Å². The molecule has 0 saturated carbocycles. The molecule has 0 atom stereocenters. The molecular formula is C15H17BrN2O. The molecule has 0 aliphatic heterocycles. The molecule has 100 valence electrons. The minimum Gasteiger partial charge on any atom is -0.439 e. The Kier molecular flexibility index (Phi) is 3.90. The van der Waals surface area contributed by atoms with Crippen molar-refractivity contribution in [3.63, 3.8) is 0 Å². The van der Waals surface area contributed by atoms with E-state index in [1.165, 1.54) is 0 Å². The predicted octanol–water partition coefficient (Wildman–Crippen LogP) is 4.64. The van der Waals surface area contributed by atoms with E-state index in [2.05, 4.69) is 46.7 Å². The second kappa shape index (κ2) is 5.29. The van der Waals surface area contributed by atoms with Crippen LogP contribution in [-0.4, -0.2) is 9.97 Å². The Morgan fingerprint density at radius 1 is 1.11 bits per heavy atom. The van der Waals surface area contributed by atoms with E-state index >= 15 is 0 Å². The van der Waals surface area contributed by atoms with E-state index < -0.39 is 0 Å². The standard InChI is InChI=1S/C15H17BrN2O/c1-10-7-5-6-8-11(10)19-13-9-12(16)17-14(18-13)15(2,3)4/h5-9H,1-4H3. The molecule has 0 aliphatic rings. The first kappa shape index (κ1) is 14.0. The summed E-state index contributed by atoms with van der Waals surface area (Å²) in [6, 6.07) is 9.65. The molecule has 1 aromatic heterocycles. The van der Waals surface area contributed by atoms with Crippen LogP contribution in [0, 0.1) is 6.92 Å². The summed E-state index contributed by atoms with van der Waals surface area (Å²) in [7, 11) is 0. The van der Waals surface area contributed by atoms with Crippen LogP contribution in [0.25, 0.3) is 0 Å². The monoisotopic (exact) mass is 320 g/mol. The van der Waals surface area contributed by atoms with Crippen LogP contribution < -0.4 is 4.74 Å². The van der Waals surface area contributed by atoms with Gasteiger partial charge < -0.3 is 4.74 Å². The SMILES string of the molecule is Cc1ccccc1Oc1cc(Br)nc(C(C)(C)C)n1. The van der Waals surface area contributed by atoms with Crippen molar-refractivity contribution in [2.75, 3.05) is 0 Å². The van der Waals surface area contributed by atoms with Gasteiger partial charge in [-0.2, -0.15) is 4.98 Å². The molecule has 0 bridgehead atoms. The van der Waals surface area contributed by atoms with Gasteiger partial charge in [0.1, 0.15) is 16.2 Å². The van der Waals surface area contributed by atoms with Gasteiger partial charge in [-0.3, -0.25) is 0 Å². The van der Waals surface area contributed by atoms with Gasteiger partial charge in [-0.05, 0) is 34.5 Å². The van der Waals surface area contributed by atoms with E-state index in [0.717, 1.165) is 21.7 Å². The highest BCUT2D eigenvalue weighted by molar-refractivity contribution is 9.10. The third-order valence-corrected chi connectivity index (χ3v) is 3.06. The molecule has 0 fully saturated rings. The first-order valence-corrected chi connectivity index (χ1v) is 6.94. The zero-order chi connectivity index (χ0) is 14.0. The second-order valence-corrected chi connectivity index (χ2v) is 6.28. The van der Waals surface area contributed by atoms with Crippen LogP contribution in [0.15, 0.2) is 34.9 Å². The van der Waals surface area contributed by atoms with Crippen molar-refractivity contribution >= 4 is 15.9 Å². The third-order valence-electron chi connectivity index (χ3n) is 2.65. The van der Waals surface area contributed by atoms with Crippen molar-refractivity contribution in [3.05, 3.63) is 46.3 Å². The van der Waals surface area contributed by atoms with Crippen LogP contribution in [0.5, 0.6) is 11.6 Å². The first-order valence-electron chi connectivity index (χ1n) is 6.15. The van der Waals surface area contributed by atoms with E-state index in [1.807, 2.05) is 31.2 Å². The normalized spacial score (nSPS) is 11.4.